The van der Waals surface area contributed by atoms with Gasteiger partial charge in [0, 0.05) is 10.5 Å². The quantitative estimate of drug-likeness (QED) is 0.573. The third kappa shape index (κ3) is 2.36. The standard InChI is InChI=1S/C6H12Cl2N2S2/c1-11-3-4(12-2)6(8)10-9-5(3)7/h3-6,9-10H,1-2H3. The fourth-order valence-corrected chi connectivity index (χ4v) is 4.52. The Morgan fingerprint density at radius 1 is 0.917 bits per heavy atom. The number of hydrogen-bond acceptors (Lipinski definition) is 4. The van der Waals surface area contributed by atoms with Crippen molar-refractivity contribution in [2.75, 3.05) is 12.5 Å². The van der Waals surface area contributed by atoms with Crippen LogP contribution in [0.2, 0.25) is 0 Å². The van der Waals surface area contributed by atoms with Crippen LogP contribution in [0.1, 0.15) is 0 Å². The van der Waals surface area contributed by atoms with Crippen LogP contribution in [0.25, 0.3) is 0 Å². The number of thioether (sulfide) groups is 2. The van der Waals surface area contributed by atoms with Crippen molar-refractivity contribution >= 4 is 46.7 Å². The highest BCUT2D eigenvalue weighted by Gasteiger charge is 2.36. The Kier molecular flexibility index (Phi) is 4.86. The summed E-state index contributed by atoms with van der Waals surface area (Å²) >= 11 is 15.6. The van der Waals surface area contributed by atoms with Gasteiger partial charge < -0.3 is 0 Å². The van der Waals surface area contributed by atoms with Gasteiger partial charge in [0.1, 0.15) is 11.0 Å². The molecule has 1 rings (SSSR count). The van der Waals surface area contributed by atoms with Crippen molar-refractivity contribution in [3.63, 3.8) is 0 Å². The lowest BCUT2D eigenvalue weighted by atomic mass is 10.2. The number of alkyl halides is 2. The van der Waals surface area contributed by atoms with Crippen molar-refractivity contribution < 1.29 is 0 Å². The lowest BCUT2D eigenvalue weighted by Crippen LogP contribution is -2.60. The van der Waals surface area contributed by atoms with Crippen LogP contribution in [0.4, 0.5) is 0 Å². The second-order valence-electron chi connectivity index (χ2n) is 2.49. The first-order valence-electron chi connectivity index (χ1n) is 3.55. The Hall–Kier alpha value is 1.20. The Bertz CT molecular complexity index is 134. The maximum Gasteiger partial charge on any atom is 0.108 e. The lowest BCUT2D eigenvalue weighted by molar-refractivity contribution is 0.404. The van der Waals surface area contributed by atoms with Gasteiger partial charge in [-0.15, -0.1) is 23.2 Å². The van der Waals surface area contributed by atoms with E-state index in [-0.39, 0.29) is 11.0 Å². The van der Waals surface area contributed by atoms with Crippen molar-refractivity contribution in [1.82, 2.24) is 10.9 Å². The topological polar surface area (TPSA) is 24.1 Å². The van der Waals surface area contributed by atoms with Gasteiger partial charge in [-0.05, 0) is 12.5 Å². The summed E-state index contributed by atoms with van der Waals surface area (Å²) in [5.74, 6) is 0. The van der Waals surface area contributed by atoms with E-state index in [1.165, 1.54) is 0 Å². The fraction of sp³-hybridized carbons (Fsp3) is 1.00. The molecule has 0 radical (unpaired) electrons. The van der Waals surface area contributed by atoms with Gasteiger partial charge in [0.15, 0.2) is 0 Å². The summed E-state index contributed by atoms with van der Waals surface area (Å²) in [6.07, 6.45) is 4.11. The third-order valence-electron chi connectivity index (χ3n) is 1.80. The van der Waals surface area contributed by atoms with E-state index in [1.54, 1.807) is 23.5 Å². The molecule has 2 nitrogen and oxygen atoms in total. The summed E-state index contributed by atoms with van der Waals surface area (Å²) in [5, 5.41) is 0.704. The molecule has 6 heteroatoms. The monoisotopic (exact) mass is 246 g/mol. The van der Waals surface area contributed by atoms with Gasteiger partial charge >= 0.3 is 0 Å². The van der Waals surface area contributed by atoms with Crippen LogP contribution in [0.15, 0.2) is 0 Å². The highest BCUT2D eigenvalue weighted by atomic mass is 35.5. The summed E-state index contributed by atoms with van der Waals surface area (Å²) in [4.78, 5) is 0. The highest BCUT2D eigenvalue weighted by molar-refractivity contribution is 8.03. The molecule has 1 aliphatic rings. The third-order valence-corrected chi connectivity index (χ3v) is 5.26. The molecule has 4 unspecified atom stereocenters. The Morgan fingerprint density at radius 2 is 1.25 bits per heavy atom. The van der Waals surface area contributed by atoms with Gasteiger partial charge in [-0.3, -0.25) is 0 Å². The minimum absolute atomic E-state index is 0.0487. The van der Waals surface area contributed by atoms with E-state index in [0.29, 0.717) is 10.5 Å². The van der Waals surface area contributed by atoms with Gasteiger partial charge in [0.05, 0.1) is 0 Å². The predicted molar refractivity (Wildman–Crippen MR) is 60.2 cm³/mol. The molecule has 1 aliphatic heterocycles. The minimum atomic E-state index is -0.0487. The Morgan fingerprint density at radius 3 is 1.50 bits per heavy atom. The molecule has 1 fully saturated rings. The van der Waals surface area contributed by atoms with Crippen LogP contribution in [0, 0.1) is 0 Å². The molecule has 1 heterocycles. The molecular formula is C6H12Cl2N2S2. The molecule has 0 spiro atoms. The van der Waals surface area contributed by atoms with E-state index in [9.17, 15) is 0 Å². The lowest BCUT2D eigenvalue weighted by Gasteiger charge is -2.37. The molecule has 1 saturated heterocycles. The summed E-state index contributed by atoms with van der Waals surface area (Å²) in [6.45, 7) is 0. The SMILES string of the molecule is CSC1C(Cl)NNC(Cl)C1SC. The van der Waals surface area contributed by atoms with Crippen LogP contribution in [-0.4, -0.2) is 34.0 Å². The molecule has 72 valence electrons. The zero-order valence-corrected chi connectivity index (χ0v) is 10.0. The van der Waals surface area contributed by atoms with Crippen LogP contribution < -0.4 is 10.9 Å². The molecule has 0 bridgehead atoms. The van der Waals surface area contributed by atoms with E-state index < -0.39 is 0 Å². The van der Waals surface area contributed by atoms with Crippen LogP contribution in [0.5, 0.6) is 0 Å². The number of hydrazine groups is 1. The minimum Gasteiger partial charge on any atom is -0.237 e. The predicted octanol–water partition coefficient (Wildman–Crippen LogP) is 1.69. The molecular weight excluding hydrogens is 235 g/mol. The first-order valence-corrected chi connectivity index (χ1v) is 7.00. The van der Waals surface area contributed by atoms with E-state index >= 15 is 0 Å². The summed E-state index contributed by atoms with van der Waals surface area (Å²) < 4.78 is 0. The number of hydrogen-bond donors (Lipinski definition) is 2. The van der Waals surface area contributed by atoms with Gasteiger partial charge in [-0.1, -0.05) is 0 Å². The zero-order chi connectivity index (χ0) is 9.14. The Labute approximate surface area is 91.5 Å². The molecule has 0 saturated carbocycles. The van der Waals surface area contributed by atoms with Gasteiger partial charge in [-0.25, -0.2) is 10.9 Å². The van der Waals surface area contributed by atoms with Crippen LogP contribution in [-0.2, 0) is 0 Å². The smallest absolute Gasteiger partial charge is 0.108 e. The number of nitrogens with one attached hydrogen (secondary N) is 2. The van der Waals surface area contributed by atoms with Crippen molar-refractivity contribution in [2.45, 2.75) is 21.5 Å². The molecule has 0 aromatic carbocycles. The van der Waals surface area contributed by atoms with E-state index in [4.69, 9.17) is 23.2 Å². The van der Waals surface area contributed by atoms with Crippen molar-refractivity contribution in [3.8, 4) is 0 Å². The normalized spacial score (nSPS) is 43.0. The number of halogens is 2. The largest absolute Gasteiger partial charge is 0.237 e. The number of rotatable bonds is 2. The maximum absolute atomic E-state index is 6.06. The summed E-state index contributed by atoms with van der Waals surface area (Å²) in [7, 11) is 0. The van der Waals surface area contributed by atoms with Crippen molar-refractivity contribution in [1.29, 1.82) is 0 Å². The van der Waals surface area contributed by atoms with Gasteiger partial charge in [0.25, 0.3) is 0 Å². The molecule has 12 heavy (non-hydrogen) atoms. The average Bonchev–Trinajstić information content (AvgIpc) is 2.08. The maximum atomic E-state index is 6.06. The fourth-order valence-electron chi connectivity index (χ4n) is 1.16. The van der Waals surface area contributed by atoms with E-state index in [1.807, 2.05) is 0 Å². The molecule has 4 atom stereocenters. The first kappa shape index (κ1) is 11.3. The van der Waals surface area contributed by atoms with Crippen molar-refractivity contribution in [3.05, 3.63) is 0 Å². The van der Waals surface area contributed by atoms with E-state index in [0.717, 1.165) is 0 Å². The molecule has 0 aromatic heterocycles. The second-order valence-corrected chi connectivity index (χ2v) is 5.46. The second kappa shape index (κ2) is 5.17. The van der Waals surface area contributed by atoms with E-state index in [2.05, 4.69) is 23.4 Å². The van der Waals surface area contributed by atoms with Gasteiger partial charge in [-0.2, -0.15) is 23.5 Å². The first-order chi connectivity index (χ1) is 5.70. The Balaban J connectivity index is 2.61. The molecule has 2 N–H and O–H groups in total. The van der Waals surface area contributed by atoms with Crippen molar-refractivity contribution in [2.24, 2.45) is 0 Å². The zero-order valence-electron chi connectivity index (χ0n) is 6.88. The van der Waals surface area contributed by atoms with Crippen LogP contribution >= 0.6 is 46.7 Å². The average molecular weight is 247 g/mol. The summed E-state index contributed by atoms with van der Waals surface area (Å²) in [5.41, 5.74) is 5.80. The molecule has 0 aromatic rings. The summed E-state index contributed by atoms with van der Waals surface area (Å²) in [6, 6.07) is 0. The van der Waals surface area contributed by atoms with Crippen LogP contribution in [0.3, 0.4) is 0 Å². The molecule has 0 amide bonds. The molecule has 0 aliphatic carbocycles. The van der Waals surface area contributed by atoms with Gasteiger partial charge in [0.2, 0.25) is 0 Å². The highest BCUT2D eigenvalue weighted by Crippen LogP contribution is 2.31.